The summed E-state index contributed by atoms with van der Waals surface area (Å²) in [5.74, 6) is 1.88. The van der Waals surface area contributed by atoms with Crippen molar-refractivity contribution in [2.45, 2.75) is 65.2 Å². The zero-order valence-electron chi connectivity index (χ0n) is 12.1. The lowest BCUT2D eigenvalue weighted by atomic mass is 9.66. The summed E-state index contributed by atoms with van der Waals surface area (Å²) in [7, 11) is 0. The van der Waals surface area contributed by atoms with E-state index >= 15 is 0 Å². The second kappa shape index (κ2) is 6.18. The van der Waals surface area contributed by atoms with Gasteiger partial charge in [0.2, 0.25) is 0 Å². The minimum atomic E-state index is 0.0228. The van der Waals surface area contributed by atoms with E-state index in [2.05, 4.69) is 19.2 Å². The van der Waals surface area contributed by atoms with Crippen molar-refractivity contribution in [1.82, 2.24) is 5.32 Å². The van der Waals surface area contributed by atoms with Gasteiger partial charge in [-0.3, -0.25) is 4.79 Å². The lowest BCUT2D eigenvalue weighted by Gasteiger charge is -2.39. The van der Waals surface area contributed by atoms with Crippen molar-refractivity contribution in [3.63, 3.8) is 0 Å². The molecular weight excluding hydrogens is 222 g/mol. The van der Waals surface area contributed by atoms with E-state index in [0.717, 1.165) is 51.1 Å². The van der Waals surface area contributed by atoms with Crippen LogP contribution in [0.25, 0.3) is 0 Å². The highest BCUT2D eigenvalue weighted by Gasteiger charge is 2.41. The van der Waals surface area contributed by atoms with Crippen LogP contribution in [0, 0.1) is 17.3 Å². The maximum atomic E-state index is 12.9. The fourth-order valence-corrected chi connectivity index (χ4v) is 3.95. The normalized spacial score (nSPS) is 32.1. The molecular formula is C16H29NO. The largest absolute Gasteiger partial charge is 0.317 e. The summed E-state index contributed by atoms with van der Waals surface area (Å²) in [6, 6.07) is 0. The highest BCUT2D eigenvalue weighted by molar-refractivity contribution is 5.87. The Kier molecular flexibility index (Phi) is 4.83. The summed E-state index contributed by atoms with van der Waals surface area (Å²) in [5, 5.41) is 3.40. The molecule has 2 rings (SSSR count). The molecule has 0 amide bonds. The average Bonchev–Trinajstić information content (AvgIpc) is 2.47. The summed E-state index contributed by atoms with van der Waals surface area (Å²) in [5.41, 5.74) is 0.0228. The van der Waals surface area contributed by atoms with Gasteiger partial charge in [-0.25, -0.2) is 0 Å². The Balaban J connectivity index is 1.97. The number of hydrogen-bond donors (Lipinski definition) is 1. The van der Waals surface area contributed by atoms with Gasteiger partial charge in [-0.05, 0) is 64.0 Å². The summed E-state index contributed by atoms with van der Waals surface area (Å²) in [6.45, 7) is 6.56. The van der Waals surface area contributed by atoms with E-state index in [9.17, 15) is 4.79 Å². The Labute approximate surface area is 112 Å². The molecule has 0 aromatic heterocycles. The van der Waals surface area contributed by atoms with E-state index in [0.29, 0.717) is 11.7 Å². The molecule has 1 N–H and O–H groups in total. The van der Waals surface area contributed by atoms with Crippen LogP contribution >= 0.6 is 0 Å². The SMILES string of the molecule is CCC1CCC(C(=O)C2(CC)CCNCC2)CC1. The van der Waals surface area contributed by atoms with E-state index in [1.54, 1.807) is 0 Å². The number of carbonyl (C=O) groups excluding carboxylic acids is 1. The Morgan fingerprint density at radius 2 is 1.72 bits per heavy atom. The third-order valence-corrected chi connectivity index (χ3v) is 5.56. The molecule has 2 fully saturated rings. The zero-order valence-corrected chi connectivity index (χ0v) is 12.1. The predicted octanol–water partition coefficient (Wildman–Crippen LogP) is 3.55. The first-order chi connectivity index (χ1) is 8.72. The van der Waals surface area contributed by atoms with Gasteiger partial charge in [0.25, 0.3) is 0 Å². The van der Waals surface area contributed by atoms with Gasteiger partial charge in [-0.2, -0.15) is 0 Å². The van der Waals surface area contributed by atoms with Crippen LogP contribution in [-0.4, -0.2) is 18.9 Å². The summed E-state index contributed by atoms with van der Waals surface area (Å²) < 4.78 is 0. The molecule has 0 bridgehead atoms. The molecule has 2 nitrogen and oxygen atoms in total. The number of piperidine rings is 1. The van der Waals surface area contributed by atoms with Crippen molar-refractivity contribution >= 4 is 5.78 Å². The van der Waals surface area contributed by atoms with E-state index in [1.165, 1.54) is 19.3 Å². The van der Waals surface area contributed by atoms with Crippen LogP contribution in [0.1, 0.15) is 65.2 Å². The number of rotatable bonds is 4. The van der Waals surface area contributed by atoms with Crippen LogP contribution in [0.2, 0.25) is 0 Å². The fourth-order valence-electron chi connectivity index (χ4n) is 3.95. The van der Waals surface area contributed by atoms with Gasteiger partial charge in [0.1, 0.15) is 5.78 Å². The first-order valence-corrected chi connectivity index (χ1v) is 7.97. The van der Waals surface area contributed by atoms with Gasteiger partial charge >= 0.3 is 0 Å². The summed E-state index contributed by atoms with van der Waals surface area (Å²) in [4.78, 5) is 12.9. The van der Waals surface area contributed by atoms with Crippen molar-refractivity contribution in [3.05, 3.63) is 0 Å². The minimum Gasteiger partial charge on any atom is -0.317 e. The second-order valence-corrected chi connectivity index (χ2v) is 6.37. The molecule has 2 aliphatic rings. The Hall–Kier alpha value is -0.370. The molecule has 1 aliphatic heterocycles. The molecule has 1 aliphatic carbocycles. The third-order valence-electron chi connectivity index (χ3n) is 5.56. The van der Waals surface area contributed by atoms with Crippen LogP contribution in [-0.2, 0) is 4.79 Å². The molecule has 1 saturated carbocycles. The lowest BCUT2D eigenvalue weighted by Crippen LogP contribution is -2.45. The number of carbonyl (C=O) groups is 1. The van der Waals surface area contributed by atoms with Gasteiger partial charge < -0.3 is 5.32 Å². The van der Waals surface area contributed by atoms with E-state index in [1.807, 2.05) is 0 Å². The quantitative estimate of drug-likeness (QED) is 0.828. The molecule has 0 spiro atoms. The zero-order chi connectivity index (χ0) is 13.0. The Morgan fingerprint density at radius 1 is 1.11 bits per heavy atom. The van der Waals surface area contributed by atoms with Gasteiger partial charge in [0, 0.05) is 11.3 Å². The smallest absolute Gasteiger partial charge is 0.142 e. The number of ketones is 1. The highest BCUT2D eigenvalue weighted by atomic mass is 16.1. The molecule has 1 heterocycles. The van der Waals surface area contributed by atoms with Crippen molar-refractivity contribution in [2.24, 2.45) is 17.3 Å². The van der Waals surface area contributed by atoms with E-state index in [-0.39, 0.29) is 5.41 Å². The number of nitrogens with one attached hydrogen (secondary N) is 1. The molecule has 1 saturated heterocycles. The predicted molar refractivity (Wildman–Crippen MR) is 75.6 cm³/mol. The Bertz CT molecular complexity index is 273. The minimum absolute atomic E-state index is 0.0228. The van der Waals surface area contributed by atoms with Gasteiger partial charge in [0.05, 0.1) is 0 Å². The maximum Gasteiger partial charge on any atom is 0.142 e. The number of hydrogen-bond acceptors (Lipinski definition) is 2. The summed E-state index contributed by atoms with van der Waals surface area (Å²) >= 11 is 0. The molecule has 104 valence electrons. The van der Waals surface area contributed by atoms with Gasteiger partial charge in [-0.15, -0.1) is 0 Å². The highest BCUT2D eigenvalue weighted by Crippen LogP contribution is 2.41. The first kappa shape index (κ1) is 14.0. The molecule has 18 heavy (non-hydrogen) atoms. The van der Waals surface area contributed by atoms with Crippen molar-refractivity contribution in [2.75, 3.05) is 13.1 Å². The standard InChI is InChI=1S/C16H29NO/c1-3-13-5-7-14(8-6-13)15(18)16(4-2)9-11-17-12-10-16/h13-14,17H,3-12H2,1-2H3. The van der Waals surface area contributed by atoms with Crippen LogP contribution in [0.5, 0.6) is 0 Å². The van der Waals surface area contributed by atoms with Crippen LogP contribution in [0.3, 0.4) is 0 Å². The van der Waals surface area contributed by atoms with Crippen LogP contribution in [0.4, 0.5) is 0 Å². The summed E-state index contributed by atoms with van der Waals surface area (Å²) in [6.07, 6.45) is 9.35. The van der Waals surface area contributed by atoms with E-state index in [4.69, 9.17) is 0 Å². The molecule has 0 aromatic carbocycles. The molecule has 0 atom stereocenters. The molecule has 0 aromatic rings. The fraction of sp³-hybridized carbons (Fsp3) is 0.938. The van der Waals surface area contributed by atoms with Crippen molar-refractivity contribution in [3.8, 4) is 0 Å². The van der Waals surface area contributed by atoms with E-state index < -0.39 is 0 Å². The first-order valence-electron chi connectivity index (χ1n) is 7.97. The third kappa shape index (κ3) is 2.79. The van der Waals surface area contributed by atoms with Crippen LogP contribution in [0.15, 0.2) is 0 Å². The maximum absolute atomic E-state index is 12.9. The number of Topliss-reactive ketones (excluding diaryl/α,β-unsaturated/α-hetero) is 1. The van der Waals surface area contributed by atoms with Gasteiger partial charge in [-0.1, -0.05) is 20.3 Å². The lowest BCUT2D eigenvalue weighted by molar-refractivity contribution is -0.136. The van der Waals surface area contributed by atoms with Gasteiger partial charge in [0.15, 0.2) is 0 Å². The average molecular weight is 251 g/mol. The molecule has 0 unspecified atom stereocenters. The molecule has 2 heteroatoms. The van der Waals surface area contributed by atoms with Crippen LogP contribution < -0.4 is 5.32 Å². The Morgan fingerprint density at radius 3 is 2.22 bits per heavy atom. The van der Waals surface area contributed by atoms with Crippen molar-refractivity contribution in [1.29, 1.82) is 0 Å². The molecule has 0 radical (unpaired) electrons. The topological polar surface area (TPSA) is 29.1 Å². The monoisotopic (exact) mass is 251 g/mol. The van der Waals surface area contributed by atoms with Crippen molar-refractivity contribution < 1.29 is 4.79 Å². The second-order valence-electron chi connectivity index (χ2n) is 6.37.